The second kappa shape index (κ2) is 40.6. The van der Waals surface area contributed by atoms with Gasteiger partial charge in [0.05, 0.1) is 6.61 Å². The Morgan fingerprint density at radius 3 is 1.32 bits per heavy atom. The summed E-state index contributed by atoms with van der Waals surface area (Å²) in [4.78, 5) is 25.5. The summed E-state index contributed by atoms with van der Waals surface area (Å²) in [5, 5.41) is 31.0. The van der Waals surface area contributed by atoms with Gasteiger partial charge in [0.25, 0.3) is 10.1 Å². The molecule has 6 atom stereocenters. The van der Waals surface area contributed by atoms with Crippen LogP contribution in [0.4, 0.5) is 0 Å². The summed E-state index contributed by atoms with van der Waals surface area (Å²) in [6, 6.07) is 0. The van der Waals surface area contributed by atoms with Gasteiger partial charge >= 0.3 is 11.9 Å². The van der Waals surface area contributed by atoms with E-state index in [1.165, 1.54) is 161 Å². The van der Waals surface area contributed by atoms with Crippen molar-refractivity contribution < 1.29 is 56.8 Å². The minimum Gasteiger partial charge on any atom is -0.462 e. The number of aliphatic hydroxyl groups excluding tert-OH is 3. The molecule has 0 radical (unpaired) electrons. The number of rotatable bonds is 44. The normalized spacial score (nSPS) is 19.7. The first-order chi connectivity index (χ1) is 30.5. The van der Waals surface area contributed by atoms with Crippen LogP contribution in [0.2, 0.25) is 0 Å². The maximum absolute atomic E-state index is 12.9. The van der Waals surface area contributed by atoms with E-state index in [1.54, 1.807) is 0 Å². The molecule has 4 N–H and O–H groups in total. The van der Waals surface area contributed by atoms with Gasteiger partial charge in [-0.15, -0.1) is 0 Å². The lowest BCUT2D eigenvalue weighted by Gasteiger charge is -2.40. The van der Waals surface area contributed by atoms with Crippen molar-refractivity contribution in [3.05, 3.63) is 12.2 Å². The predicted octanol–water partition coefficient (Wildman–Crippen LogP) is 11.4. The van der Waals surface area contributed by atoms with Gasteiger partial charge in [0, 0.05) is 12.8 Å². The monoisotopic (exact) mass is 919 g/mol. The van der Waals surface area contributed by atoms with E-state index in [-0.39, 0.29) is 19.4 Å². The first-order valence-electron chi connectivity index (χ1n) is 25.7. The zero-order valence-corrected chi connectivity index (χ0v) is 40.8. The molecule has 1 heterocycles. The van der Waals surface area contributed by atoms with Crippen LogP contribution < -0.4 is 0 Å². The van der Waals surface area contributed by atoms with Gasteiger partial charge in [0.15, 0.2) is 12.4 Å². The van der Waals surface area contributed by atoms with E-state index in [9.17, 15) is 37.9 Å². The lowest BCUT2D eigenvalue weighted by atomic mass is 10.00. The molecule has 13 heteroatoms. The van der Waals surface area contributed by atoms with Crippen LogP contribution in [0.25, 0.3) is 0 Å². The molecule has 1 aliphatic rings. The molecule has 1 fully saturated rings. The lowest BCUT2D eigenvalue weighted by Crippen LogP contribution is -2.60. The van der Waals surface area contributed by atoms with Gasteiger partial charge in [0.1, 0.15) is 36.8 Å². The number of aliphatic hydroxyl groups is 3. The van der Waals surface area contributed by atoms with Gasteiger partial charge in [-0.3, -0.25) is 14.1 Å². The molecule has 1 saturated heterocycles. The number of hydrogen-bond donors (Lipinski definition) is 4. The van der Waals surface area contributed by atoms with E-state index < -0.39 is 71.2 Å². The van der Waals surface area contributed by atoms with Crippen LogP contribution in [0.1, 0.15) is 239 Å². The largest absolute Gasteiger partial charge is 0.462 e. The highest BCUT2D eigenvalue weighted by Crippen LogP contribution is 2.24. The summed E-state index contributed by atoms with van der Waals surface area (Å²) in [6.07, 6.45) is 35.3. The van der Waals surface area contributed by atoms with Crippen LogP contribution in [0.15, 0.2) is 12.2 Å². The first kappa shape index (κ1) is 59.4. The number of carbonyl (C=O) groups is 2. The van der Waals surface area contributed by atoms with E-state index in [0.717, 1.165) is 38.5 Å². The van der Waals surface area contributed by atoms with Crippen LogP contribution >= 0.6 is 0 Å². The van der Waals surface area contributed by atoms with E-state index in [4.69, 9.17) is 18.9 Å². The Balaban J connectivity index is 2.37. The average Bonchev–Trinajstić information content (AvgIpc) is 3.25. The van der Waals surface area contributed by atoms with Crippen molar-refractivity contribution in [1.29, 1.82) is 0 Å². The smallest absolute Gasteiger partial charge is 0.306 e. The number of unbranched alkanes of at least 4 members (excludes halogenated alkanes) is 30. The molecular weight excluding hydrogens is 825 g/mol. The van der Waals surface area contributed by atoms with Crippen molar-refractivity contribution in [1.82, 2.24) is 0 Å². The summed E-state index contributed by atoms with van der Waals surface area (Å²) in [6.45, 7) is 3.80. The molecule has 63 heavy (non-hydrogen) atoms. The van der Waals surface area contributed by atoms with E-state index in [1.807, 2.05) is 0 Å². The Kier molecular flexibility index (Phi) is 38.3. The number of carbonyl (C=O) groups excluding carboxylic acids is 2. The fourth-order valence-corrected chi connectivity index (χ4v) is 8.78. The van der Waals surface area contributed by atoms with Crippen LogP contribution in [-0.4, -0.2) is 96.0 Å². The fourth-order valence-electron chi connectivity index (χ4n) is 8.09. The summed E-state index contributed by atoms with van der Waals surface area (Å²) in [7, 11) is -4.60. The standard InChI is InChI=1S/C50H94O12S/c1-3-5-7-9-11-13-15-17-19-21-22-23-25-27-29-31-33-35-37-39-46(52)61-43(41-60-50-49(55)48(54)47(53)44(62-50)42-63(56,57)58)40-59-45(51)38-36-34-32-30-28-26-24-20-18-16-14-12-10-8-6-4-2/h17,19,43-44,47-50,53-55H,3-16,18,20-42H2,1-2H3,(H,56,57,58)/b19-17-. The number of esters is 2. The average molecular weight is 919 g/mol. The Morgan fingerprint density at radius 2 is 0.905 bits per heavy atom. The Morgan fingerprint density at radius 1 is 0.524 bits per heavy atom. The quantitative estimate of drug-likeness (QED) is 0.0196. The van der Waals surface area contributed by atoms with Gasteiger partial charge in [-0.2, -0.15) is 8.42 Å². The lowest BCUT2D eigenvalue weighted by molar-refractivity contribution is -0.297. The van der Waals surface area contributed by atoms with Crippen molar-refractivity contribution in [2.45, 2.75) is 275 Å². The maximum Gasteiger partial charge on any atom is 0.306 e. The van der Waals surface area contributed by atoms with Crippen molar-refractivity contribution in [2.75, 3.05) is 19.0 Å². The molecule has 12 nitrogen and oxygen atoms in total. The zero-order chi connectivity index (χ0) is 46.2. The Labute approximate surface area is 384 Å². The molecule has 0 aromatic rings. The van der Waals surface area contributed by atoms with Gasteiger partial charge in [0.2, 0.25) is 0 Å². The molecule has 0 aromatic carbocycles. The van der Waals surface area contributed by atoms with Gasteiger partial charge in [-0.05, 0) is 38.5 Å². The van der Waals surface area contributed by atoms with Crippen LogP contribution in [-0.2, 0) is 38.7 Å². The highest BCUT2D eigenvalue weighted by atomic mass is 32.2. The van der Waals surface area contributed by atoms with Gasteiger partial charge in [-0.1, -0.05) is 199 Å². The third-order valence-electron chi connectivity index (χ3n) is 12.1. The number of allylic oxidation sites excluding steroid dienone is 2. The molecule has 6 unspecified atom stereocenters. The fraction of sp³-hybridized carbons (Fsp3) is 0.920. The van der Waals surface area contributed by atoms with Crippen LogP contribution in [0.3, 0.4) is 0 Å². The van der Waals surface area contributed by atoms with E-state index >= 15 is 0 Å². The van der Waals surface area contributed by atoms with Crippen LogP contribution in [0, 0.1) is 0 Å². The SMILES string of the molecule is CCCCCCCC/C=C\CCCCCCCCCCCC(=O)OC(COC(=O)CCCCCCCCCCCCCCCCCC)COC1OC(CS(=O)(=O)O)C(O)C(O)C1O. The highest BCUT2D eigenvalue weighted by Gasteiger charge is 2.46. The molecule has 0 saturated carbocycles. The molecule has 1 rings (SSSR count). The summed E-state index contributed by atoms with van der Waals surface area (Å²) < 4.78 is 54.2. The summed E-state index contributed by atoms with van der Waals surface area (Å²) >= 11 is 0. The topological polar surface area (TPSA) is 186 Å². The summed E-state index contributed by atoms with van der Waals surface area (Å²) in [5.74, 6) is -1.97. The van der Waals surface area contributed by atoms with E-state index in [0.29, 0.717) is 12.8 Å². The second-order valence-corrected chi connectivity index (χ2v) is 19.7. The Bertz CT molecular complexity index is 1210. The minimum atomic E-state index is -4.60. The number of hydrogen-bond acceptors (Lipinski definition) is 11. The minimum absolute atomic E-state index is 0.167. The van der Waals surface area contributed by atoms with Crippen LogP contribution in [0.5, 0.6) is 0 Å². The van der Waals surface area contributed by atoms with Gasteiger partial charge in [-0.25, -0.2) is 0 Å². The van der Waals surface area contributed by atoms with E-state index in [2.05, 4.69) is 26.0 Å². The highest BCUT2D eigenvalue weighted by molar-refractivity contribution is 7.85. The molecule has 0 amide bonds. The Hall–Kier alpha value is -1.61. The third-order valence-corrected chi connectivity index (χ3v) is 12.8. The first-order valence-corrected chi connectivity index (χ1v) is 27.4. The molecule has 372 valence electrons. The molecule has 1 aliphatic heterocycles. The molecule has 0 bridgehead atoms. The predicted molar refractivity (Wildman–Crippen MR) is 252 cm³/mol. The molecule has 0 aromatic heterocycles. The van der Waals surface area contributed by atoms with Crippen molar-refractivity contribution in [3.8, 4) is 0 Å². The summed E-state index contributed by atoms with van der Waals surface area (Å²) in [5.41, 5.74) is 0. The molecule has 0 aliphatic carbocycles. The number of ether oxygens (including phenoxy) is 4. The van der Waals surface area contributed by atoms with Crippen molar-refractivity contribution in [2.24, 2.45) is 0 Å². The maximum atomic E-state index is 12.9. The molecular formula is C50H94O12S. The van der Waals surface area contributed by atoms with Crippen molar-refractivity contribution >= 4 is 22.1 Å². The van der Waals surface area contributed by atoms with Crippen molar-refractivity contribution in [3.63, 3.8) is 0 Å². The van der Waals surface area contributed by atoms with Gasteiger partial charge < -0.3 is 34.3 Å². The third kappa shape index (κ3) is 35.3. The zero-order valence-electron chi connectivity index (χ0n) is 40.0. The molecule has 0 spiro atoms. The second-order valence-electron chi connectivity index (χ2n) is 18.2.